The molecule has 1 aromatic rings. The molecule has 1 amide bonds. The number of nitrogens with one attached hydrogen (secondary N) is 2. The number of rotatable bonds is 14. The van der Waals surface area contributed by atoms with Crippen molar-refractivity contribution >= 4 is 40.4 Å². The molecule has 1 rings (SSSR count). The number of aldehydes is 1. The number of anilines is 1. The molecule has 9 nitrogen and oxygen atoms in total. The highest BCUT2D eigenvalue weighted by molar-refractivity contribution is 7.15. The van der Waals surface area contributed by atoms with Gasteiger partial charge in [-0.15, -0.1) is 11.3 Å². The van der Waals surface area contributed by atoms with Gasteiger partial charge in [0.25, 0.3) is 0 Å². The van der Waals surface area contributed by atoms with Gasteiger partial charge in [0.15, 0.2) is 11.4 Å². The van der Waals surface area contributed by atoms with Crippen LogP contribution in [0.2, 0.25) is 0 Å². The fourth-order valence-electron chi connectivity index (χ4n) is 2.75. The van der Waals surface area contributed by atoms with E-state index in [-0.39, 0.29) is 12.5 Å². The number of amides is 1. The molecule has 0 bridgehead atoms. The van der Waals surface area contributed by atoms with Gasteiger partial charge in [0.05, 0.1) is 22.6 Å². The summed E-state index contributed by atoms with van der Waals surface area (Å²) in [5, 5.41) is 15.3. The van der Waals surface area contributed by atoms with Gasteiger partial charge in [-0.25, -0.2) is 4.98 Å². The molecule has 10 heteroatoms. The average molecular weight is 456 g/mol. The second kappa shape index (κ2) is 11.4. The van der Waals surface area contributed by atoms with Crippen LogP contribution in [0, 0.1) is 12.3 Å². The number of carboxylic acids is 1. The van der Waals surface area contributed by atoms with E-state index in [4.69, 9.17) is 4.74 Å². The van der Waals surface area contributed by atoms with Crippen molar-refractivity contribution < 1.29 is 29.0 Å². The maximum absolute atomic E-state index is 12.2. The molecule has 0 aromatic carbocycles. The fourth-order valence-corrected chi connectivity index (χ4v) is 3.67. The molecule has 1 atom stereocenters. The number of ether oxygens (including phenoxy) is 1. The van der Waals surface area contributed by atoms with E-state index in [0.29, 0.717) is 43.1 Å². The molecule has 0 aliphatic carbocycles. The molecule has 174 valence electrons. The molecular formula is C21H33N3O6S. The molecule has 0 fully saturated rings. The molecule has 3 N–H and O–H groups in total. The number of carboxylic acid groups (broad SMARTS) is 1. The Balaban J connectivity index is 2.62. The summed E-state index contributed by atoms with van der Waals surface area (Å²) in [5.41, 5.74) is -0.858. The minimum atomic E-state index is -0.861. The lowest BCUT2D eigenvalue weighted by atomic mass is 9.90. The van der Waals surface area contributed by atoms with Crippen LogP contribution in [-0.2, 0) is 23.9 Å². The fraction of sp³-hybridized carbons (Fsp3) is 0.667. The van der Waals surface area contributed by atoms with Gasteiger partial charge in [-0.3, -0.25) is 19.2 Å². The Labute approximate surface area is 187 Å². The van der Waals surface area contributed by atoms with Crippen molar-refractivity contribution in [3.8, 4) is 0 Å². The number of aromatic nitrogens is 1. The first-order chi connectivity index (χ1) is 14.3. The predicted octanol–water partition coefficient (Wildman–Crippen LogP) is 2.54. The number of nitrogens with zero attached hydrogens (tertiary/aromatic N) is 1. The van der Waals surface area contributed by atoms with Crippen LogP contribution in [0.4, 0.5) is 5.13 Å². The first-order valence-electron chi connectivity index (χ1n) is 10.1. The number of hydrogen-bond acceptors (Lipinski definition) is 8. The van der Waals surface area contributed by atoms with E-state index in [1.807, 2.05) is 13.8 Å². The Morgan fingerprint density at radius 3 is 2.42 bits per heavy atom. The number of aryl methyl sites for hydroxylation is 1. The SMILES string of the molecule is CC(=O)Nc1nc(C(CNCCC(C)(C)OCCC(C)(C)C(=O)O)C(=O)C=O)c(C)s1. The van der Waals surface area contributed by atoms with Crippen LogP contribution in [0.5, 0.6) is 0 Å². The van der Waals surface area contributed by atoms with Crippen LogP contribution in [0.25, 0.3) is 0 Å². The van der Waals surface area contributed by atoms with E-state index in [1.54, 1.807) is 20.8 Å². The lowest BCUT2D eigenvalue weighted by Gasteiger charge is -2.28. The van der Waals surface area contributed by atoms with E-state index >= 15 is 0 Å². The van der Waals surface area contributed by atoms with E-state index in [9.17, 15) is 24.3 Å². The molecule has 1 aromatic heterocycles. The molecular weight excluding hydrogens is 422 g/mol. The molecule has 0 aliphatic rings. The highest BCUT2D eigenvalue weighted by Crippen LogP contribution is 2.28. The number of hydrogen-bond donors (Lipinski definition) is 3. The van der Waals surface area contributed by atoms with Gasteiger partial charge >= 0.3 is 5.97 Å². The molecule has 0 spiro atoms. The summed E-state index contributed by atoms with van der Waals surface area (Å²) in [6.07, 6.45) is 1.31. The Hall–Kier alpha value is -2.17. The maximum Gasteiger partial charge on any atom is 0.309 e. The number of carbonyl (C=O) groups is 4. The normalized spacial score (nSPS) is 13.0. The van der Waals surface area contributed by atoms with Crippen LogP contribution in [0.1, 0.15) is 63.9 Å². The van der Waals surface area contributed by atoms with Crippen molar-refractivity contribution in [3.05, 3.63) is 10.6 Å². The third kappa shape index (κ3) is 8.84. The van der Waals surface area contributed by atoms with Crippen molar-refractivity contribution in [2.75, 3.05) is 25.0 Å². The zero-order valence-corrected chi connectivity index (χ0v) is 19.9. The second-order valence-electron chi connectivity index (χ2n) is 8.72. The van der Waals surface area contributed by atoms with Gasteiger partial charge in [-0.2, -0.15) is 0 Å². The summed E-state index contributed by atoms with van der Waals surface area (Å²) < 4.78 is 5.86. The first-order valence-corrected chi connectivity index (χ1v) is 10.9. The second-order valence-corrected chi connectivity index (χ2v) is 9.92. The van der Waals surface area contributed by atoms with Crippen LogP contribution in [-0.4, -0.2) is 59.3 Å². The predicted molar refractivity (Wildman–Crippen MR) is 119 cm³/mol. The molecule has 1 heterocycles. The minimum Gasteiger partial charge on any atom is -0.481 e. The van der Waals surface area contributed by atoms with Crippen LogP contribution < -0.4 is 10.6 Å². The summed E-state index contributed by atoms with van der Waals surface area (Å²) in [6.45, 7) is 11.4. The number of Topliss-reactive ketones (excluding diaryl/α,β-unsaturated/α-hetero) is 1. The monoisotopic (exact) mass is 455 g/mol. The van der Waals surface area contributed by atoms with Crippen molar-refractivity contribution in [1.29, 1.82) is 0 Å². The highest BCUT2D eigenvalue weighted by Gasteiger charge is 2.29. The Morgan fingerprint density at radius 2 is 1.87 bits per heavy atom. The van der Waals surface area contributed by atoms with E-state index in [2.05, 4.69) is 15.6 Å². The third-order valence-corrected chi connectivity index (χ3v) is 5.86. The van der Waals surface area contributed by atoms with Gasteiger partial charge < -0.3 is 20.5 Å². The Bertz CT molecular complexity index is 803. The lowest BCUT2D eigenvalue weighted by Crippen LogP contribution is -2.35. The molecule has 0 aliphatic heterocycles. The van der Waals surface area contributed by atoms with Crippen molar-refractivity contribution in [3.63, 3.8) is 0 Å². The summed E-state index contributed by atoms with van der Waals surface area (Å²) in [6, 6.07) is 0. The molecule has 0 radical (unpaired) electrons. The van der Waals surface area contributed by atoms with Gasteiger partial charge in [0.1, 0.15) is 0 Å². The van der Waals surface area contributed by atoms with E-state index in [1.165, 1.54) is 18.3 Å². The summed E-state index contributed by atoms with van der Waals surface area (Å²) in [5.74, 6) is -2.44. The van der Waals surface area contributed by atoms with Crippen molar-refractivity contribution in [2.24, 2.45) is 5.41 Å². The van der Waals surface area contributed by atoms with Crippen molar-refractivity contribution in [2.45, 2.75) is 65.9 Å². The van der Waals surface area contributed by atoms with Gasteiger partial charge in [-0.05, 0) is 54.0 Å². The zero-order valence-electron chi connectivity index (χ0n) is 19.0. The number of carbonyl (C=O) groups excluding carboxylic acids is 3. The Kier molecular flexibility index (Phi) is 9.92. The average Bonchev–Trinajstić information content (AvgIpc) is 2.99. The van der Waals surface area contributed by atoms with Crippen LogP contribution >= 0.6 is 11.3 Å². The van der Waals surface area contributed by atoms with Gasteiger partial charge in [-0.1, -0.05) is 0 Å². The molecule has 1 unspecified atom stereocenters. The maximum atomic E-state index is 12.2. The minimum absolute atomic E-state index is 0.226. The zero-order chi connectivity index (χ0) is 23.8. The Morgan fingerprint density at radius 1 is 1.23 bits per heavy atom. The van der Waals surface area contributed by atoms with E-state index < -0.39 is 28.7 Å². The quantitative estimate of drug-likeness (QED) is 0.221. The van der Waals surface area contributed by atoms with Gasteiger partial charge in [0.2, 0.25) is 11.7 Å². The first kappa shape index (κ1) is 26.9. The molecule has 0 saturated heterocycles. The summed E-state index contributed by atoms with van der Waals surface area (Å²) >= 11 is 1.25. The largest absolute Gasteiger partial charge is 0.481 e. The third-order valence-electron chi connectivity index (χ3n) is 4.96. The van der Waals surface area contributed by atoms with Crippen LogP contribution in [0.15, 0.2) is 0 Å². The number of thiazole rings is 1. The van der Waals surface area contributed by atoms with Crippen molar-refractivity contribution in [1.82, 2.24) is 10.3 Å². The van der Waals surface area contributed by atoms with Crippen LogP contribution in [0.3, 0.4) is 0 Å². The highest BCUT2D eigenvalue weighted by atomic mass is 32.1. The lowest BCUT2D eigenvalue weighted by molar-refractivity contribution is -0.149. The molecule has 0 saturated carbocycles. The summed E-state index contributed by atoms with van der Waals surface area (Å²) in [4.78, 5) is 50.8. The number of ketones is 1. The molecule has 31 heavy (non-hydrogen) atoms. The van der Waals surface area contributed by atoms with E-state index in [0.717, 1.165) is 4.88 Å². The summed E-state index contributed by atoms with van der Waals surface area (Å²) in [7, 11) is 0. The van der Waals surface area contributed by atoms with Gasteiger partial charge in [0, 0.05) is 25.0 Å². The topological polar surface area (TPSA) is 135 Å². The number of aliphatic carboxylic acids is 1. The smallest absolute Gasteiger partial charge is 0.309 e. The standard InChI is InChI=1S/C21H33N3O6S/c1-13-17(24-19(31-13)23-14(2)26)15(16(27)12-25)11-22-9-7-21(5,6)30-10-8-20(3,4)18(28)29/h12,15,22H,7-11H2,1-6H3,(H,28,29)(H,23,24,26).